The lowest BCUT2D eigenvalue weighted by molar-refractivity contribution is -0.131. The Kier molecular flexibility index (Phi) is 6.30. The number of benzene rings is 1. The van der Waals surface area contributed by atoms with E-state index in [4.69, 9.17) is 0 Å². The second-order valence-electron chi connectivity index (χ2n) is 7.77. The average molecular weight is 357 g/mol. The lowest BCUT2D eigenvalue weighted by atomic mass is 9.94. The molecule has 0 aromatic heterocycles. The molecule has 0 spiro atoms. The van der Waals surface area contributed by atoms with Gasteiger partial charge in [-0.05, 0) is 36.3 Å². The van der Waals surface area contributed by atoms with Crippen LogP contribution < -0.4 is 16.0 Å². The Hall–Kier alpha value is -1.88. The summed E-state index contributed by atoms with van der Waals surface area (Å²) in [5.41, 5.74) is 2.45. The van der Waals surface area contributed by atoms with Crippen LogP contribution in [-0.4, -0.2) is 29.9 Å². The maximum absolute atomic E-state index is 12.8. The van der Waals surface area contributed by atoms with Crippen LogP contribution in [0.15, 0.2) is 24.3 Å². The Labute approximate surface area is 156 Å². The molecule has 1 aromatic carbocycles. The Morgan fingerprint density at radius 1 is 1.19 bits per heavy atom. The molecule has 1 aliphatic heterocycles. The first kappa shape index (κ1) is 18.9. The zero-order valence-electron chi connectivity index (χ0n) is 15.9. The maximum Gasteiger partial charge on any atom is 0.243 e. The van der Waals surface area contributed by atoms with Gasteiger partial charge in [0.15, 0.2) is 0 Å². The van der Waals surface area contributed by atoms with Crippen molar-refractivity contribution in [3.8, 4) is 0 Å². The van der Waals surface area contributed by atoms with Gasteiger partial charge in [0.2, 0.25) is 11.8 Å². The van der Waals surface area contributed by atoms with E-state index in [0.29, 0.717) is 13.0 Å². The van der Waals surface area contributed by atoms with Crippen molar-refractivity contribution in [2.75, 3.05) is 0 Å². The van der Waals surface area contributed by atoms with E-state index < -0.39 is 6.04 Å². The van der Waals surface area contributed by atoms with Crippen LogP contribution in [0.25, 0.3) is 0 Å². The Morgan fingerprint density at radius 3 is 2.58 bits per heavy atom. The highest BCUT2D eigenvalue weighted by molar-refractivity contribution is 5.90. The van der Waals surface area contributed by atoms with Crippen molar-refractivity contribution < 1.29 is 9.59 Å². The van der Waals surface area contributed by atoms with E-state index in [2.05, 4.69) is 35.0 Å². The molecule has 0 saturated heterocycles. The predicted molar refractivity (Wildman–Crippen MR) is 103 cm³/mol. The minimum atomic E-state index is -0.466. The van der Waals surface area contributed by atoms with Gasteiger partial charge in [0.1, 0.15) is 6.04 Å². The van der Waals surface area contributed by atoms with E-state index in [-0.39, 0.29) is 29.8 Å². The topological polar surface area (TPSA) is 70.2 Å². The number of carbonyl (C=O) groups is 2. The molecule has 2 amide bonds. The normalized spacial score (nSPS) is 22.3. The summed E-state index contributed by atoms with van der Waals surface area (Å²) >= 11 is 0. The van der Waals surface area contributed by atoms with E-state index in [9.17, 15) is 9.59 Å². The third-order valence-corrected chi connectivity index (χ3v) is 5.89. The van der Waals surface area contributed by atoms with Gasteiger partial charge in [-0.2, -0.15) is 0 Å². The van der Waals surface area contributed by atoms with Crippen molar-refractivity contribution in [2.45, 2.75) is 77.0 Å². The van der Waals surface area contributed by atoms with Crippen LogP contribution >= 0.6 is 0 Å². The number of nitrogens with one attached hydrogen (secondary N) is 3. The first-order chi connectivity index (χ1) is 12.6. The number of amides is 2. The van der Waals surface area contributed by atoms with E-state index in [1.807, 2.05) is 19.1 Å². The summed E-state index contributed by atoms with van der Waals surface area (Å²) in [5.74, 6) is -0.00147. The van der Waals surface area contributed by atoms with Crippen molar-refractivity contribution in [2.24, 2.45) is 5.92 Å². The smallest absolute Gasteiger partial charge is 0.243 e. The molecule has 5 heteroatoms. The summed E-state index contributed by atoms with van der Waals surface area (Å²) in [4.78, 5) is 25.6. The largest absolute Gasteiger partial charge is 0.352 e. The molecule has 1 aliphatic carbocycles. The molecule has 1 saturated carbocycles. The lowest BCUT2D eigenvalue weighted by Crippen LogP contribution is -2.57. The average Bonchev–Trinajstić information content (AvgIpc) is 3.17. The van der Waals surface area contributed by atoms with Crippen LogP contribution in [0.5, 0.6) is 0 Å². The summed E-state index contributed by atoms with van der Waals surface area (Å²) in [6.45, 7) is 4.78. The summed E-state index contributed by atoms with van der Waals surface area (Å²) < 4.78 is 0. The number of carbonyl (C=O) groups excluding carboxylic acids is 2. The van der Waals surface area contributed by atoms with Crippen LogP contribution in [-0.2, 0) is 22.6 Å². The number of fused-ring (bicyclic) bond motifs is 1. The minimum absolute atomic E-state index is 0.0317. The fourth-order valence-corrected chi connectivity index (χ4v) is 3.96. The highest BCUT2D eigenvalue weighted by Crippen LogP contribution is 2.19. The van der Waals surface area contributed by atoms with E-state index in [0.717, 1.165) is 19.3 Å². The van der Waals surface area contributed by atoms with Gasteiger partial charge >= 0.3 is 0 Å². The van der Waals surface area contributed by atoms with Gasteiger partial charge in [-0.25, -0.2) is 0 Å². The van der Waals surface area contributed by atoms with E-state index in [1.165, 1.54) is 24.0 Å². The first-order valence-electron chi connectivity index (χ1n) is 9.99. The predicted octanol–water partition coefficient (Wildman–Crippen LogP) is 2.29. The fourth-order valence-electron chi connectivity index (χ4n) is 3.96. The van der Waals surface area contributed by atoms with Gasteiger partial charge in [0.25, 0.3) is 0 Å². The monoisotopic (exact) mass is 357 g/mol. The molecule has 1 heterocycles. The minimum Gasteiger partial charge on any atom is -0.352 e. The van der Waals surface area contributed by atoms with Gasteiger partial charge in [-0.1, -0.05) is 57.4 Å². The SMILES string of the molecule is CCC(C)C(NC(=O)C1Cc2ccccc2CN1)C(=O)NC1CCCC1. The zero-order chi connectivity index (χ0) is 18.5. The van der Waals surface area contributed by atoms with Gasteiger partial charge in [-0.3, -0.25) is 9.59 Å². The standard InChI is InChI=1S/C21H31N3O2/c1-3-14(2)19(21(26)23-17-10-6-7-11-17)24-20(25)18-12-15-8-4-5-9-16(15)13-22-18/h4-5,8-9,14,17-19,22H,3,6-7,10-13H2,1-2H3,(H,23,26)(H,24,25). The van der Waals surface area contributed by atoms with Crippen molar-refractivity contribution in [3.63, 3.8) is 0 Å². The molecule has 26 heavy (non-hydrogen) atoms. The Balaban J connectivity index is 1.62. The van der Waals surface area contributed by atoms with Crippen molar-refractivity contribution in [1.29, 1.82) is 0 Å². The highest BCUT2D eigenvalue weighted by atomic mass is 16.2. The first-order valence-corrected chi connectivity index (χ1v) is 9.99. The molecule has 3 N–H and O–H groups in total. The van der Waals surface area contributed by atoms with Crippen LogP contribution in [0, 0.1) is 5.92 Å². The fraction of sp³-hybridized carbons (Fsp3) is 0.619. The molecular formula is C21H31N3O2. The second kappa shape index (κ2) is 8.67. The van der Waals surface area contributed by atoms with Crippen LogP contribution in [0.2, 0.25) is 0 Å². The lowest BCUT2D eigenvalue weighted by Gasteiger charge is -2.30. The summed E-state index contributed by atoms with van der Waals surface area (Å²) in [6, 6.07) is 7.72. The van der Waals surface area contributed by atoms with E-state index in [1.54, 1.807) is 0 Å². The summed E-state index contributed by atoms with van der Waals surface area (Å²) in [5, 5.41) is 9.48. The van der Waals surface area contributed by atoms with Crippen molar-refractivity contribution in [3.05, 3.63) is 35.4 Å². The number of hydrogen-bond acceptors (Lipinski definition) is 3. The molecule has 1 fully saturated rings. The van der Waals surface area contributed by atoms with Crippen LogP contribution in [0.4, 0.5) is 0 Å². The van der Waals surface area contributed by atoms with Crippen LogP contribution in [0.1, 0.15) is 57.1 Å². The Morgan fingerprint density at radius 2 is 1.88 bits per heavy atom. The van der Waals surface area contributed by atoms with Gasteiger partial charge in [0, 0.05) is 12.6 Å². The number of hydrogen-bond donors (Lipinski definition) is 3. The quantitative estimate of drug-likeness (QED) is 0.732. The van der Waals surface area contributed by atoms with Crippen molar-refractivity contribution in [1.82, 2.24) is 16.0 Å². The molecule has 5 nitrogen and oxygen atoms in total. The molecule has 142 valence electrons. The summed E-state index contributed by atoms with van der Waals surface area (Å²) in [6.07, 6.45) is 5.97. The molecule has 1 aromatic rings. The molecule has 0 bridgehead atoms. The van der Waals surface area contributed by atoms with Gasteiger partial charge in [-0.15, -0.1) is 0 Å². The molecule has 0 radical (unpaired) electrons. The highest BCUT2D eigenvalue weighted by Gasteiger charge is 2.31. The molecule has 3 unspecified atom stereocenters. The van der Waals surface area contributed by atoms with Gasteiger partial charge < -0.3 is 16.0 Å². The van der Waals surface area contributed by atoms with Gasteiger partial charge in [0.05, 0.1) is 6.04 Å². The molecule has 3 rings (SSSR count). The molecule has 2 aliphatic rings. The van der Waals surface area contributed by atoms with Crippen molar-refractivity contribution >= 4 is 11.8 Å². The zero-order valence-corrected chi connectivity index (χ0v) is 15.9. The Bertz CT molecular complexity index is 640. The third kappa shape index (κ3) is 4.44. The summed E-state index contributed by atoms with van der Waals surface area (Å²) in [7, 11) is 0. The second-order valence-corrected chi connectivity index (χ2v) is 7.77. The third-order valence-electron chi connectivity index (χ3n) is 5.89. The molecular weight excluding hydrogens is 326 g/mol. The van der Waals surface area contributed by atoms with E-state index >= 15 is 0 Å². The maximum atomic E-state index is 12.8. The van der Waals surface area contributed by atoms with Crippen LogP contribution in [0.3, 0.4) is 0 Å². The molecule has 3 atom stereocenters. The number of rotatable bonds is 6.